The molecule has 0 amide bonds. The van der Waals surface area contributed by atoms with Crippen LogP contribution >= 0.6 is 0 Å². The fourth-order valence-corrected chi connectivity index (χ4v) is 3.76. The molecule has 1 fully saturated rings. The molecule has 108 valence electrons. The maximum Gasteiger partial charge on any atom is 0.214 e. The summed E-state index contributed by atoms with van der Waals surface area (Å²) < 4.78 is 25.9. The van der Waals surface area contributed by atoms with E-state index in [0.717, 1.165) is 32.5 Å². The van der Waals surface area contributed by atoms with Crippen LogP contribution in [0.5, 0.6) is 0 Å². The van der Waals surface area contributed by atoms with Gasteiger partial charge in [0.15, 0.2) is 0 Å². The van der Waals surface area contributed by atoms with Crippen LogP contribution in [0, 0.1) is 0 Å². The van der Waals surface area contributed by atoms with Gasteiger partial charge < -0.3 is 5.32 Å². The first-order chi connectivity index (χ1) is 8.47. The molecular formula is C12H27N3O2S. The highest BCUT2D eigenvalue weighted by Gasteiger charge is 2.27. The van der Waals surface area contributed by atoms with Crippen molar-refractivity contribution in [1.82, 2.24) is 14.5 Å². The molecule has 0 atom stereocenters. The van der Waals surface area contributed by atoms with E-state index < -0.39 is 10.0 Å². The molecule has 1 heterocycles. The monoisotopic (exact) mass is 277 g/mol. The van der Waals surface area contributed by atoms with Crippen molar-refractivity contribution in [2.75, 3.05) is 45.5 Å². The van der Waals surface area contributed by atoms with Crippen molar-refractivity contribution in [3.63, 3.8) is 0 Å². The second-order valence-corrected chi connectivity index (χ2v) is 7.24. The second-order valence-electron chi connectivity index (χ2n) is 5.16. The molecule has 1 rings (SSSR count). The molecule has 1 aliphatic heterocycles. The minimum Gasteiger partial charge on any atom is -0.320 e. The van der Waals surface area contributed by atoms with Crippen molar-refractivity contribution in [3.05, 3.63) is 0 Å². The summed E-state index contributed by atoms with van der Waals surface area (Å²) in [6.07, 6.45) is 1.66. The van der Waals surface area contributed by atoms with Gasteiger partial charge in [-0.1, -0.05) is 0 Å². The van der Waals surface area contributed by atoms with Crippen molar-refractivity contribution in [2.45, 2.75) is 32.7 Å². The molecule has 0 unspecified atom stereocenters. The molecule has 0 aromatic carbocycles. The van der Waals surface area contributed by atoms with E-state index in [0.29, 0.717) is 19.1 Å². The number of hydrogen-bond donors (Lipinski definition) is 1. The van der Waals surface area contributed by atoms with Gasteiger partial charge in [-0.05, 0) is 40.3 Å². The fourth-order valence-electron chi connectivity index (χ4n) is 2.21. The van der Waals surface area contributed by atoms with E-state index in [1.807, 2.05) is 7.05 Å². The standard InChI is InChI=1S/C12H27N3O2S/c1-12(2)14-7-9-15(10-8-14)18(16,17)11-5-4-6-13-3/h12-13H,4-11H2,1-3H3. The summed E-state index contributed by atoms with van der Waals surface area (Å²) in [5.41, 5.74) is 0. The molecule has 0 bridgehead atoms. The van der Waals surface area contributed by atoms with Crippen molar-refractivity contribution in [2.24, 2.45) is 0 Å². The first-order valence-electron chi connectivity index (χ1n) is 6.84. The topological polar surface area (TPSA) is 52.7 Å². The molecule has 0 saturated carbocycles. The van der Waals surface area contributed by atoms with Crippen LogP contribution in [0.2, 0.25) is 0 Å². The zero-order chi connectivity index (χ0) is 13.6. The maximum atomic E-state index is 12.1. The number of nitrogens with one attached hydrogen (secondary N) is 1. The van der Waals surface area contributed by atoms with Crippen molar-refractivity contribution >= 4 is 10.0 Å². The average molecular weight is 277 g/mol. The predicted octanol–water partition coefficient (Wildman–Crippen LogP) is 0.342. The van der Waals surface area contributed by atoms with Gasteiger partial charge in [-0.2, -0.15) is 4.31 Å². The average Bonchev–Trinajstić information content (AvgIpc) is 2.35. The van der Waals surface area contributed by atoms with E-state index in [4.69, 9.17) is 0 Å². The van der Waals surface area contributed by atoms with Crippen LogP contribution in [0.1, 0.15) is 26.7 Å². The Balaban J connectivity index is 2.36. The summed E-state index contributed by atoms with van der Waals surface area (Å²) in [6.45, 7) is 8.19. The Labute approximate surface area is 112 Å². The lowest BCUT2D eigenvalue weighted by Crippen LogP contribution is -2.51. The van der Waals surface area contributed by atoms with Gasteiger partial charge in [0.05, 0.1) is 5.75 Å². The minimum absolute atomic E-state index is 0.288. The van der Waals surface area contributed by atoms with Gasteiger partial charge in [-0.25, -0.2) is 8.42 Å². The van der Waals surface area contributed by atoms with E-state index in [9.17, 15) is 8.42 Å². The zero-order valence-corrected chi connectivity index (χ0v) is 12.7. The second kappa shape index (κ2) is 7.43. The Kier molecular flexibility index (Phi) is 6.55. The van der Waals surface area contributed by atoms with Crippen molar-refractivity contribution in [3.8, 4) is 0 Å². The van der Waals surface area contributed by atoms with E-state index in [1.165, 1.54) is 0 Å². The highest BCUT2D eigenvalue weighted by Crippen LogP contribution is 2.11. The first-order valence-corrected chi connectivity index (χ1v) is 8.45. The Morgan fingerprint density at radius 3 is 2.22 bits per heavy atom. The molecular weight excluding hydrogens is 250 g/mol. The Hall–Kier alpha value is -0.170. The van der Waals surface area contributed by atoms with Gasteiger partial charge >= 0.3 is 0 Å². The van der Waals surface area contributed by atoms with Crippen LogP contribution in [-0.4, -0.2) is 69.2 Å². The molecule has 5 nitrogen and oxygen atoms in total. The van der Waals surface area contributed by atoms with Crippen LogP contribution in [-0.2, 0) is 10.0 Å². The third-order valence-corrected chi connectivity index (χ3v) is 5.43. The normalized spacial score (nSPS) is 19.6. The summed E-state index contributed by atoms with van der Waals surface area (Å²) in [4.78, 5) is 2.33. The predicted molar refractivity (Wildman–Crippen MR) is 75.2 cm³/mol. The van der Waals surface area contributed by atoms with Gasteiger partial charge in [0, 0.05) is 32.2 Å². The number of hydrogen-bond acceptors (Lipinski definition) is 4. The highest BCUT2D eigenvalue weighted by molar-refractivity contribution is 7.89. The molecule has 18 heavy (non-hydrogen) atoms. The van der Waals surface area contributed by atoms with E-state index >= 15 is 0 Å². The Morgan fingerprint density at radius 2 is 1.72 bits per heavy atom. The first kappa shape index (κ1) is 15.9. The highest BCUT2D eigenvalue weighted by atomic mass is 32.2. The smallest absolute Gasteiger partial charge is 0.214 e. The molecule has 0 spiro atoms. The number of nitrogens with zero attached hydrogens (tertiary/aromatic N) is 2. The van der Waals surface area contributed by atoms with Gasteiger partial charge in [-0.3, -0.25) is 4.90 Å². The number of piperazine rings is 1. The van der Waals surface area contributed by atoms with Crippen LogP contribution in [0.3, 0.4) is 0 Å². The Bertz CT molecular complexity index is 322. The van der Waals surface area contributed by atoms with Gasteiger partial charge in [0.25, 0.3) is 0 Å². The van der Waals surface area contributed by atoms with E-state index in [-0.39, 0.29) is 5.75 Å². The van der Waals surface area contributed by atoms with Crippen LogP contribution in [0.4, 0.5) is 0 Å². The van der Waals surface area contributed by atoms with E-state index in [2.05, 4.69) is 24.1 Å². The lowest BCUT2D eigenvalue weighted by atomic mass is 10.3. The molecule has 0 aromatic rings. The van der Waals surface area contributed by atoms with Crippen LogP contribution in [0.25, 0.3) is 0 Å². The SMILES string of the molecule is CNCCCCS(=O)(=O)N1CCN(C(C)C)CC1. The number of rotatable bonds is 7. The largest absolute Gasteiger partial charge is 0.320 e. The third kappa shape index (κ3) is 4.84. The molecule has 1 aliphatic rings. The molecule has 0 radical (unpaired) electrons. The summed E-state index contributed by atoms with van der Waals surface area (Å²) in [7, 11) is -1.15. The molecule has 0 aliphatic carbocycles. The molecule has 1 N–H and O–H groups in total. The minimum atomic E-state index is -3.03. The summed E-state index contributed by atoms with van der Waals surface area (Å²) in [6, 6.07) is 0.505. The zero-order valence-electron chi connectivity index (χ0n) is 11.9. The van der Waals surface area contributed by atoms with Crippen molar-refractivity contribution in [1.29, 1.82) is 0 Å². The van der Waals surface area contributed by atoms with Gasteiger partial charge in [0.1, 0.15) is 0 Å². The number of unbranched alkanes of at least 4 members (excludes halogenated alkanes) is 1. The van der Waals surface area contributed by atoms with Gasteiger partial charge in [0.2, 0.25) is 10.0 Å². The summed E-state index contributed by atoms with van der Waals surface area (Å²) in [5.74, 6) is 0.288. The van der Waals surface area contributed by atoms with E-state index in [1.54, 1.807) is 4.31 Å². The van der Waals surface area contributed by atoms with Gasteiger partial charge in [-0.15, -0.1) is 0 Å². The maximum absolute atomic E-state index is 12.1. The molecule has 1 saturated heterocycles. The van der Waals surface area contributed by atoms with Crippen LogP contribution < -0.4 is 5.32 Å². The van der Waals surface area contributed by atoms with Crippen LogP contribution in [0.15, 0.2) is 0 Å². The molecule has 0 aromatic heterocycles. The molecule has 6 heteroatoms. The lowest BCUT2D eigenvalue weighted by molar-refractivity contribution is 0.154. The Morgan fingerprint density at radius 1 is 1.11 bits per heavy atom. The lowest BCUT2D eigenvalue weighted by Gasteiger charge is -2.36. The third-order valence-electron chi connectivity index (χ3n) is 3.48. The fraction of sp³-hybridized carbons (Fsp3) is 1.00. The van der Waals surface area contributed by atoms with Crippen molar-refractivity contribution < 1.29 is 8.42 Å². The quantitative estimate of drug-likeness (QED) is 0.682. The number of sulfonamides is 1. The summed E-state index contributed by atoms with van der Waals surface area (Å²) >= 11 is 0. The summed E-state index contributed by atoms with van der Waals surface area (Å²) in [5, 5.41) is 3.04.